The molecule has 2 rings (SSSR count). The summed E-state index contributed by atoms with van der Waals surface area (Å²) in [4.78, 5) is 12.0. The van der Waals surface area contributed by atoms with Crippen molar-refractivity contribution in [2.45, 2.75) is 24.8 Å². The van der Waals surface area contributed by atoms with Gasteiger partial charge in [0, 0.05) is 0 Å². The van der Waals surface area contributed by atoms with Crippen LogP contribution in [-0.4, -0.2) is 20.9 Å². The Morgan fingerprint density at radius 2 is 1.88 bits per heavy atom. The van der Waals surface area contributed by atoms with Crippen LogP contribution >= 0.6 is 0 Å². The van der Waals surface area contributed by atoms with Gasteiger partial charge in [-0.05, 0) is 49.7 Å². The average Bonchev–Trinajstić information content (AvgIpc) is 2.55. The van der Waals surface area contributed by atoms with E-state index in [0.29, 0.717) is 12.4 Å². The summed E-state index contributed by atoms with van der Waals surface area (Å²) in [6, 6.07) is 9.52. The van der Waals surface area contributed by atoms with Gasteiger partial charge in [-0.25, -0.2) is 17.9 Å². The van der Waals surface area contributed by atoms with Crippen LogP contribution in [0.1, 0.15) is 35.8 Å². The molecule has 2 aromatic carbocycles. The standard InChI is InChI=1S/C17H19FN2O4S/c1-3-24-13-6-4-12(5-7-13)11(2)20-17(21)15-10-14(25(19,22)23)8-9-16(15)18/h4-11H,3H2,1-2H3,(H,20,21)(H2,19,22,23)/t11-/m1/s1. The van der Waals surface area contributed by atoms with Crippen molar-refractivity contribution in [2.75, 3.05) is 6.61 Å². The van der Waals surface area contributed by atoms with Crippen molar-refractivity contribution in [3.05, 3.63) is 59.4 Å². The number of benzene rings is 2. The minimum absolute atomic E-state index is 0.326. The Kier molecular flexibility index (Phi) is 5.76. The molecule has 0 heterocycles. The highest BCUT2D eigenvalue weighted by molar-refractivity contribution is 7.89. The third-order valence-corrected chi connectivity index (χ3v) is 4.46. The second-order valence-corrected chi connectivity index (χ2v) is 6.95. The highest BCUT2D eigenvalue weighted by Gasteiger charge is 2.18. The van der Waals surface area contributed by atoms with Gasteiger partial charge in [-0.1, -0.05) is 12.1 Å². The maximum absolute atomic E-state index is 13.9. The first-order valence-electron chi connectivity index (χ1n) is 7.58. The Morgan fingerprint density at radius 3 is 2.44 bits per heavy atom. The lowest BCUT2D eigenvalue weighted by molar-refractivity contribution is 0.0935. The van der Waals surface area contributed by atoms with Crippen LogP contribution < -0.4 is 15.2 Å². The molecule has 0 fully saturated rings. The second kappa shape index (κ2) is 7.62. The van der Waals surface area contributed by atoms with E-state index in [-0.39, 0.29) is 10.5 Å². The number of amides is 1. The second-order valence-electron chi connectivity index (χ2n) is 5.38. The van der Waals surface area contributed by atoms with E-state index in [4.69, 9.17) is 9.88 Å². The Morgan fingerprint density at radius 1 is 1.24 bits per heavy atom. The molecule has 3 N–H and O–H groups in total. The normalized spacial score (nSPS) is 12.5. The first-order valence-corrected chi connectivity index (χ1v) is 9.13. The monoisotopic (exact) mass is 366 g/mol. The van der Waals surface area contributed by atoms with Gasteiger partial charge >= 0.3 is 0 Å². The summed E-state index contributed by atoms with van der Waals surface area (Å²) in [6.45, 7) is 4.15. The molecule has 0 aliphatic heterocycles. The third kappa shape index (κ3) is 4.77. The molecule has 0 aliphatic carbocycles. The van der Waals surface area contributed by atoms with Gasteiger partial charge in [0.2, 0.25) is 10.0 Å². The number of carbonyl (C=O) groups excluding carboxylic acids is 1. The highest BCUT2D eigenvalue weighted by Crippen LogP contribution is 2.19. The Balaban J connectivity index is 2.18. The summed E-state index contributed by atoms with van der Waals surface area (Å²) in [5, 5.41) is 7.64. The van der Waals surface area contributed by atoms with Crippen molar-refractivity contribution >= 4 is 15.9 Å². The molecular weight excluding hydrogens is 347 g/mol. The molecule has 1 atom stereocenters. The summed E-state index contributed by atoms with van der Waals surface area (Å²) in [5.74, 6) is -0.857. The molecule has 0 radical (unpaired) electrons. The molecule has 0 unspecified atom stereocenters. The maximum Gasteiger partial charge on any atom is 0.254 e. The van der Waals surface area contributed by atoms with Gasteiger partial charge in [-0.2, -0.15) is 0 Å². The highest BCUT2D eigenvalue weighted by atomic mass is 32.2. The molecule has 2 aromatic rings. The lowest BCUT2D eigenvalue weighted by atomic mass is 10.1. The van der Waals surface area contributed by atoms with E-state index in [1.54, 1.807) is 31.2 Å². The number of hydrogen-bond acceptors (Lipinski definition) is 4. The topological polar surface area (TPSA) is 98.5 Å². The van der Waals surface area contributed by atoms with Gasteiger partial charge in [0.05, 0.1) is 23.1 Å². The average molecular weight is 366 g/mol. The summed E-state index contributed by atoms with van der Waals surface area (Å²) < 4.78 is 42.0. The van der Waals surface area contributed by atoms with Crippen LogP contribution in [0.2, 0.25) is 0 Å². The Hall–Kier alpha value is -2.45. The quantitative estimate of drug-likeness (QED) is 0.820. The van der Waals surface area contributed by atoms with Crippen LogP contribution in [0.15, 0.2) is 47.4 Å². The fourth-order valence-electron chi connectivity index (χ4n) is 2.23. The lowest BCUT2D eigenvalue weighted by Crippen LogP contribution is -2.28. The number of halogens is 1. The van der Waals surface area contributed by atoms with Gasteiger partial charge in [-0.15, -0.1) is 0 Å². The first-order chi connectivity index (χ1) is 11.7. The molecule has 8 heteroatoms. The van der Waals surface area contributed by atoms with Gasteiger partial charge in [-0.3, -0.25) is 4.79 Å². The van der Waals surface area contributed by atoms with E-state index < -0.39 is 27.8 Å². The Bertz CT molecular complexity index is 867. The largest absolute Gasteiger partial charge is 0.494 e. The summed E-state index contributed by atoms with van der Waals surface area (Å²) in [5.41, 5.74) is 0.407. The van der Waals surface area contributed by atoms with Gasteiger partial charge in [0.15, 0.2) is 0 Å². The number of nitrogens with two attached hydrogens (primary N) is 1. The number of ether oxygens (including phenoxy) is 1. The van der Waals surface area contributed by atoms with Crippen LogP contribution in [0.4, 0.5) is 4.39 Å². The predicted molar refractivity (Wildman–Crippen MR) is 91.3 cm³/mol. The zero-order valence-corrected chi connectivity index (χ0v) is 14.6. The van der Waals surface area contributed by atoms with Gasteiger partial charge in [0.25, 0.3) is 5.91 Å². The minimum atomic E-state index is -4.03. The van der Waals surface area contributed by atoms with Crippen molar-refractivity contribution in [2.24, 2.45) is 5.14 Å². The zero-order chi connectivity index (χ0) is 18.6. The summed E-state index contributed by atoms with van der Waals surface area (Å²) in [6.07, 6.45) is 0. The molecule has 1 amide bonds. The number of rotatable bonds is 6. The molecule has 0 bridgehead atoms. The zero-order valence-electron chi connectivity index (χ0n) is 13.8. The van der Waals surface area contributed by atoms with Crippen LogP contribution in [-0.2, 0) is 10.0 Å². The van der Waals surface area contributed by atoms with Crippen LogP contribution in [0, 0.1) is 5.82 Å². The van der Waals surface area contributed by atoms with Gasteiger partial charge < -0.3 is 10.1 Å². The summed E-state index contributed by atoms with van der Waals surface area (Å²) >= 11 is 0. The molecule has 6 nitrogen and oxygen atoms in total. The lowest BCUT2D eigenvalue weighted by Gasteiger charge is -2.15. The molecular formula is C17H19FN2O4S. The fraction of sp³-hybridized carbons (Fsp3) is 0.235. The van der Waals surface area contributed by atoms with Crippen molar-refractivity contribution < 1.29 is 22.3 Å². The number of sulfonamides is 1. The molecule has 25 heavy (non-hydrogen) atoms. The Labute approximate surface area is 145 Å². The van der Waals surface area contributed by atoms with Crippen molar-refractivity contribution in [3.8, 4) is 5.75 Å². The van der Waals surface area contributed by atoms with E-state index in [1.807, 2.05) is 6.92 Å². The van der Waals surface area contributed by atoms with E-state index >= 15 is 0 Å². The van der Waals surface area contributed by atoms with Crippen LogP contribution in [0.5, 0.6) is 5.75 Å². The molecule has 0 aromatic heterocycles. The molecule has 134 valence electrons. The van der Waals surface area contributed by atoms with Crippen molar-refractivity contribution in [1.82, 2.24) is 5.32 Å². The maximum atomic E-state index is 13.9. The van der Waals surface area contributed by atoms with Crippen LogP contribution in [0.3, 0.4) is 0 Å². The smallest absolute Gasteiger partial charge is 0.254 e. The fourth-order valence-corrected chi connectivity index (χ4v) is 2.77. The van der Waals surface area contributed by atoms with Crippen molar-refractivity contribution in [3.63, 3.8) is 0 Å². The van der Waals surface area contributed by atoms with Gasteiger partial charge in [0.1, 0.15) is 11.6 Å². The third-order valence-electron chi connectivity index (χ3n) is 3.55. The van der Waals surface area contributed by atoms with E-state index in [9.17, 15) is 17.6 Å². The molecule has 0 spiro atoms. The summed E-state index contributed by atoms with van der Waals surface area (Å²) in [7, 11) is -4.03. The predicted octanol–water partition coefficient (Wildman–Crippen LogP) is 2.36. The number of carbonyl (C=O) groups is 1. The number of hydrogen-bond donors (Lipinski definition) is 2. The number of primary sulfonamides is 1. The number of nitrogens with one attached hydrogen (secondary N) is 1. The molecule has 0 aliphatic rings. The first kappa shape index (κ1) is 18.9. The van der Waals surface area contributed by atoms with E-state index in [0.717, 1.165) is 23.8 Å². The van der Waals surface area contributed by atoms with E-state index in [1.165, 1.54) is 0 Å². The molecule has 0 saturated heterocycles. The minimum Gasteiger partial charge on any atom is -0.494 e. The SMILES string of the molecule is CCOc1ccc([C@@H](C)NC(=O)c2cc(S(N)(=O)=O)ccc2F)cc1. The van der Waals surface area contributed by atoms with Crippen molar-refractivity contribution in [1.29, 1.82) is 0 Å². The van der Waals surface area contributed by atoms with E-state index in [2.05, 4.69) is 5.32 Å². The molecule has 0 saturated carbocycles. The van der Waals surface area contributed by atoms with Crippen LogP contribution in [0.25, 0.3) is 0 Å².